The predicted molar refractivity (Wildman–Crippen MR) is 61.0 cm³/mol. The summed E-state index contributed by atoms with van der Waals surface area (Å²) in [4.78, 5) is 0. The third-order valence-corrected chi connectivity index (χ3v) is 2.68. The van der Waals surface area contributed by atoms with Crippen molar-refractivity contribution in [3.8, 4) is 11.5 Å². The van der Waals surface area contributed by atoms with E-state index >= 15 is 0 Å². The Morgan fingerprint density at radius 1 is 1.20 bits per heavy atom. The molecule has 1 atom stereocenters. The first-order chi connectivity index (χ1) is 6.86. The number of phenolic OH excluding ortho intramolecular Hbond substituents is 2. The van der Waals surface area contributed by atoms with Gasteiger partial charge in [-0.25, -0.2) is 0 Å². The van der Waals surface area contributed by atoms with Crippen molar-refractivity contribution in [1.29, 1.82) is 0 Å². The van der Waals surface area contributed by atoms with Gasteiger partial charge in [0, 0.05) is 5.92 Å². The standard InChI is InChI=1S/C12H19NO2/c1-12(2,3)9(7-13)8-4-5-10(14)11(15)6-8/h4-6,9,14-15H,7,13H2,1-3H3. The Balaban J connectivity index is 3.08. The molecule has 0 aliphatic rings. The topological polar surface area (TPSA) is 66.5 Å². The summed E-state index contributed by atoms with van der Waals surface area (Å²) >= 11 is 0. The van der Waals surface area contributed by atoms with Crippen molar-refractivity contribution in [2.75, 3.05) is 6.54 Å². The van der Waals surface area contributed by atoms with Crippen molar-refractivity contribution in [1.82, 2.24) is 0 Å². The van der Waals surface area contributed by atoms with Crippen LogP contribution in [0.25, 0.3) is 0 Å². The Bertz CT molecular complexity index is 342. The fourth-order valence-corrected chi connectivity index (χ4v) is 1.75. The Morgan fingerprint density at radius 2 is 1.80 bits per heavy atom. The Labute approximate surface area is 90.5 Å². The molecule has 0 amide bonds. The maximum Gasteiger partial charge on any atom is 0.157 e. The first-order valence-corrected chi connectivity index (χ1v) is 5.08. The molecule has 0 heterocycles. The zero-order valence-corrected chi connectivity index (χ0v) is 9.49. The van der Waals surface area contributed by atoms with Crippen LogP contribution in [0, 0.1) is 5.41 Å². The van der Waals surface area contributed by atoms with Gasteiger partial charge in [0.1, 0.15) is 0 Å². The monoisotopic (exact) mass is 209 g/mol. The number of rotatable bonds is 2. The Kier molecular flexibility index (Phi) is 3.25. The van der Waals surface area contributed by atoms with Gasteiger partial charge in [0.25, 0.3) is 0 Å². The first-order valence-electron chi connectivity index (χ1n) is 5.08. The molecule has 0 spiro atoms. The van der Waals surface area contributed by atoms with E-state index in [1.807, 2.05) is 0 Å². The van der Waals surface area contributed by atoms with Gasteiger partial charge < -0.3 is 15.9 Å². The van der Waals surface area contributed by atoms with Crippen molar-refractivity contribution in [2.24, 2.45) is 11.1 Å². The summed E-state index contributed by atoms with van der Waals surface area (Å²) in [5.74, 6) is -0.0115. The number of hydrogen-bond donors (Lipinski definition) is 3. The summed E-state index contributed by atoms with van der Waals surface area (Å²) in [5.41, 5.74) is 6.73. The molecule has 0 aliphatic heterocycles. The molecule has 0 fully saturated rings. The molecule has 1 rings (SSSR count). The molecule has 84 valence electrons. The van der Waals surface area contributed by atoms with Crippen molar-refractivity contribution in [3.63, 3.8) is 0 Å². The second-order valence-electron chi connectivity index (χ2n) is 4.90. The molecule has 0 saturated carbocycles. The van der Waals surface area contributed by atoms with Crippen molar-refractivity contribution in [2.45, 2.75) is 26.7 Å². The highest BCUT2D eigenvalue weighted by atomic mass is 16.3. The maximum absolute atomic E-state index is 9.42. The lowest BCUT2D eigenvalue weighted by atomic mass is 9.76. The molecule has 3 nitrogen and oxygen atoms in total. The van der Waals surface area contributed by atoms with Crippen LogP contribution >= 0.6 is 0 Å². The van der Waals surface area contributed by atoms with Gasteiger partial charge in [-0.2, -0.15) is 0 Å². The Morgan fingerprint density at radius 3 is 2.20 bits per heavy atom. The molecule has 1 unspecified atom stereocenters. The summed E-state index contributed by atoms with van der Waals surface area (Å²) < 4.78 is 0. The first kappa shape index (κ1) is 11.9. The van der Waals surface area contributed by atoms with Crippen LogP contribution in [0.5, 0.6) is 11.5 Å². The van der Waals surface area contributed by atoms with E-state index in [-0.39, 0.29) is 22.8 Å². The minimum Gasteiger partial charge on any atom is -0.504 e. The number of aromatic hydroxyl groups is 2. The summed E-state index contributed by atoms with van der Waals surface area (Å²) in [6.45, 7) is 6.84. The van der Waals surface area contributed by atoms with E-state index in [2.05, 4.69) is 20.8 Å². The molecule has 0 radical (unpaired) electrons. The number of nitrogens with two attached hydrogens (primary N) is 1. The van der Waals surface area contributed by atoms with Gasteiger partial charge in [-0.15, -0.1) is 0 Å². The zero-order chi connectivity index (χ0) is 11.6. The molecule has 0 aromatic heterocycles. The molecule has 3 heteroatoms. The predicted octanol–water partition coefficient (Wildman–Crippen LogP) is 2.19. The second kappa shape index (κ2) is 4.11. The molecule has 4 N–H and O–H groups in total. The number of benzene rings is 1. The van der Waals surface area contributed by atoms with E-state index in [1.54, 1.807) is 12.1 Å². The summed E-state index contributed by atoms with van der Waals surface area (Å²) in [6.07, 6.45) is 0. The van der Waals surface area contributed by atoms with E-state index in [0.29, 0.717) is 6.54 Å². The molecule has 1 aromatic carbocycles. The Hall–Kier alpha value is -1.22. The van der Waals surface area contributed by atoms with E-state index < -0.39 is 0 Å². The fraction of sp³-hybridized carbons (Fsp3) is 0.500. The highest BCUT2D eigenvalue weighted by Crippen LogP contribution is 2.37. The van der Waals surface area contributed by atoms with Crippen molar-refractivity contribution in [3.05, 3.63) is 23.8 Å². The van der Waals surface area contributed by atoms with Gasteiger partial charge in [-0.05, 0) is 29.7 Å². The molecule has 0 aliphatic carbocycles. The SMILES string of the molecule is CC(C)(C)C(CN)c1ccc(O)c(O)c1. The van der Waals surface area contributed by atoms with E-state index in [9.17, 15) is 10.2 Å². The van der Waals surface area contributed by atoms with Gasteiger partial charge >= 0.3 is 0 Å². The van der Waals surface area contributed by atoms with Crippen LogP contribution in [-0.2, 0) is 0 Å². The highest BCUT2D eigenvalue weighted by Gasteiger charge is 2.25. The smallest absolute Gasteiger partial charge is 0.157 e. The molecule has 0 bridgehead atoms. The zero-order valence-electron chi connectivity index (χ0n) is 9.49. The minimum absolute atomic E-state index is 0.0398. The van der Waals surface area contributed by atoms with Crippen LogP contribution < -0.4 is 5.73 Å². The summed E-state index contributed by atoms with van der Waals surface area (Å²) in [7, 11) is 0. The molecule has 1 aromatic rings. The van der Waals surface area contributed by atoms with Crippen LogP contribution in [0.2, 0.25) is 0 Å². The third kappa shape index (κ3) is 2.63. The van der Waals surface area contributed by atoms with Crippen LogP contribution in [0.3, 0.4) is 0 Å². The number of hydrogen-bond acceptors (Lipinski definition) is 3. The van der Waals surface area contributed by atoms with Gasteiger partial charge in [0.05, 0.1) is 0 Å². The van der Waals surface area contributed by atoms with E-state index in [4.69, 9.17) is 5.73 Å². The highest BCUT2D eigenvalue weighted by molar-refractivity contribution is 5.42. The summed E-state index contributed by atoms with van der Waals surface area (Å²) in [6, 6.07) is 4.88. The lowest BCUT2D eigenvalue weighted by Crippen LogP contribution is -2.25. The largest absolute Gasteiger partial charge is 0.504 e. The van der Waals surface area contributed by atoms with Crippen LogP contribution in [0.1, 0.15) is 32.3 Å². The van der Waals surface area contributed by atoms with E-state index in [1.165, 1.54) is 6.07 Å². The minimum atomic E-state index is -0.0940. The molecular weight excluding hydrogens is 190 g/mol. The second-order valence-corrected chi connectivity index (χ2v) is 4.90. The van der Waals surface area contributed by atoms with Gasteiger partial charge in [-0.1, -0.05) is 26.8 Å². The van der Waals surface area contributed by atoms with Gasteiger partial charge in [0.15, 0.2) is 11.5 Å². The van der Waals surface area contributed by atoms with Crippen molar-refractivity contribution < 1.29 is 10.2 Å². The lowest BCUT2D eigenvalue weighted by Gasteiger charge is -2.30. The van der Waals surface area contributed by atoms with Crippen LogP contribution in [-0.4, -0.2) is 16.8 Å². The van der Waals surface area contributed by atoms with Crippen molar-refractivity contribution >= 4 is 0 Å². The average molecular weight is 209 g/mol. The molecule has 15 heavy (non-hydrogen) atoms. The average Bonchev–Trinajstić information content (AvgIpc) is 2.10. The van der Waals surface area contributed by atoms with Crippen LogP contribution in [0.4, 0.5) is 0 Å². The van der Waals surface area contributed by atoms with E-state index in [0.717, 1.165) is 5.56 Å². The normalized spacial score (nSPS) is 13.9. The lowest BCUT2D eigenvalue weighted by molar-refractivity contribution is 0.323. The summed E-state index contributed by atoms with van der Waals surface area (Å²) in [5, 5.41) is 18.6. The molecule has 0 saturated heterocycles. The third-order valence-electron chi connectivity index (χ3n) is 2.68. The van der Waals surface area contributed by atoms with Gasteiger partial charge in [0.2, 0.25) is 0 Å². The maximum atomic E-state index is 9.42. The number of phenols is 2. The molecular formula is C12H19NO2. The van der Waals surface area contributed by atoms with Gasteiger partial charge in [-0.3, -0.25) is 0 Å². The quantitative estimate of drug-likeness (QED) is 0.654. The fourth-order valence-electron chi connectivity index (χ4n) is 1.75. The van der Waals surface area contributed by atoms with Crippen LogP contribution in [0.15, 0.2) is 18.2 Å².